The largest absolute Gasteiger partial charge is 0.328 e. The number of benzene rings is 1. The van der Waals surface area contributed by atoms with Crippen LogP contribution in [0, 0.1) is 11.7 Å². The molecule has 2 unspecified atom stereocenters. The number of carbonyl (C=O) groups is 1. The molecular weight excluding hydrogens is 241 g/mol. The first-order valence-corrected chi connectivity index (χ1v) is 6.17. The standard InChI is InChI=1S/C13H15ClFNO/c14-11-3-1-2-9(13(11)15)7-12(17)8-4-5-10(16)6-8/h1-3,8,10H,4-7,16H2. The fourth-order valence-corrected chi connectivity index (χ4v) is 2.52. The first-order chi connectivity index (χ1) is 8.08. The highest BCUT2D eigenvalue weighted by Gasteiger charge is 2.28. The topological polar surface area (TPSA) is 43.1 Å². The van der Waals surface area contributed by atoms with E-state index in [1.165, 1.54) is 6.07 Å². The van der Waals surface area contributed by atoms with E-state index in [-0.39, 0.29) is 29.2 Å². The summed E-state index contributed by atoms with van der Waals surface area (Å²) in [6.45, 7) is 0. The third-order valence-electron chi connectivity index (χ3n) is 3.32. The van der Waals surface area contributed by atoms with Crippen LogP contribution in [-0.4, -0.2) is 11.8 Å². The summed E-state index contributed by atoms with van der Waals surface area (Å²) in [5, 5.41) is 0.0680. The molecule has 0 amide bonds. The van der Waals surface area contributed by atoms with Gasteiger partial charge in [0.25, 0.3) is 0 Å². The van der Waals surface area contributed by atoms with Crippen LogP contribution in [0.25, 0.3) is 0 Å². The maximum absolute atomic E-state index is 13.6. The molecular formula is C13H15ClFNO. The Morgan fingerprint density at radius 1 is 1.47 bits per heavy atom. The molecule has 0 spiro atoms. The van der Waals surface area contributed by atoms with Gasteiger partial charge in [0.1, 0.15) is 11.6 Å². The second-order valence-electron chi connectivity index (χ2n) is 4.63. The average molecular weight is 256 g/mol. The van der Waals surface area contributed by atoms with E-state index in [1.807, 2.05) is 0 Å². The highest BCUT2D eigenvalue weighted by Crippen LogP contribution is 2.27. The van der Waals surface area contributed by atoms with Crippen molar-refractivity contribution in [1.82, 2.24) is 0 Å². The summed E-state index contributed by atoms with van der Waals surface area (Å²) in [5.74, 6) is -0.424. The Morgan fingerprint density at radius 3 is 2.88 bits per heavy atom. The Hall–Kier alpha value is -0.930. The summed E-state index contributed by atoms with van der Waals surface area (Å²) in [5.41, 5.74) is 6.14. The lowest BCUT2D eigenvalue weighted by Crippen LogP contribution is -2.19. The number of Topliss-reactive ketones (excluding diaryl/α,β-unsaturated/α-hetero) is 1. The number of hydrogen-bond donors (Lipinski definition) is 1. The Morgan fingerprint density at radius 2 is 2.24 bits per heavy atom. The van der Waals surface area contributed by atoms with Gasteiger partial charge in [-0.05, 0) is 30.9 Å². The summed E-state index contributed by atoms with van der Waals surface area (Å²) in [4.78, 5) is 12.0. The lowest BCUT2D eigenvalue weighted by atomic mass is 9.96. The minimum atomic E-state index is -0.482. The molecule has 0 bridgehead atoms. The van der Waals surface area contributed by atoms with Gasteiger partial charge in [-0.15, -0.1) is 0 Å². The Bertz CT molecular complexity index is 435. The van der Waals surface area contributed by atoms with E-state index in [9.17, 15) is 9.18 Å². The normalized spacial score (nSPS) is 23.9. The highest BCUT2D eigenvalue weighted by atomic mass is 35.5. The van der Waals surface area contributed by atoms with Gasteiger partial charge in [0.15, 0.2) is 0 Å². The van der Waals surface area contributed by atoms with Crippen LogP contribution in [0.2, 0.25) is 5.02 Å². The highest BCUT2D eigenvalue weighted by molar-refractivity contribution is 6.30. The molecule has 0 saturated heterocycles. The summed E-state index contributed by atoms with van der Waals surface area (Å²) in [6, 6.07) is 4.87. The quantitative estimate of drug-likeness (QED) is 0.903. The third kappa shape index (κ3) is 2.85. The van der Waals surface area contributed by atoms with Crippen molar-refractivity contribution in [2.45, 2.75) is 31.7 Å². The summed E-state index contributed by atoms with van der Waals surface area (Å²) in [7, 11) is 0. The number of rotatable bonds is 3. The van der Waals surface area contributed by atoms with Crippen molar-refractivity contribution in [2.75, 3.05) is 0 Å². The molecule has 2 nitrogen and oxygen atoms in total. The van der Waals surface area contributed by atoms with E-state index < -0.39 is 5.82 Å². The second kappa shape index (κ2) is 5.15. The van der Waals surface area contributed by atoms with E-state index in [2.05, 4.69) is 0 Å². The van der Waals surface area contributed by atoms with E-state index >= 15 is 0 Å². The maximum atomic E-state index is 13.6. The lowest BCUT2D eigenvalue weighted by molar-refractivity contribution is -0.122. The molecule has 1 fully saturated rings. The van der Waals surface area contributed by atoms with Gasteiger partial charge in [0.05, 0.1) is 5.02 Å². The van der Waals surface area contributed by atoms with E-state index in [0.717, 1.165) is 19.3 Å². The molecule has 2 N–H and O–H groups in total. The molecule has 0 radical (unpaired) electrons. The molecule has 92 valence electrons. The Kier molecular flexibility index (Phi) is 3.79. The van der Waals surface area contributed by atoms with Gasteiger partial charge in [-0.1, -0.05) is 23.7 Å². The van der Waals surface area contributed by atoms with Crippen LogP contribution in [0.4, 0.5) is 4.39 Å². The van der Waals surface area contributed by atoms with Crippen molar-refractivity contribution in [3.05, 3.63) is 34.6 Å². The van der Waals surface area contributed by atoms with Crippen LogP contribution in [0.5, 0.6) is 0 Å². The third-order valence-corrected chi connectivity index (χ3v) is 3.62. The molecule has 4 heteroatoms. The zero-order valence-corrected chi connectivity index (χ0v) is 10.2. The molecule has 2 atom stereocenters. The molecule has 1 aliphatic carbocycles. The van der Waals surface area contributed by atoms with Gasteiger partial charge in [-0.2, -0.15) is 0 Å². The molecule has 1 saturated carbocycles. The van der Waals surface area contributed by atoms with Crippen molar-refractivity contribution in [1.29, 1.82) is 0 Å². The number of hydrogen-bond acceptors (Lipinski definition) is 2. The number of halogens is 2. The smallest absolute Gasteiger partial charge is 0.145 e. The van der Waals surface area contributed by atoms with Crippen LogP contribution < -0.4 is 5.73 Å². The Balaban J connectivity index is 2.06. The molecule has 1 aromatic rings. The van der Waals surface area contributed by atoms with Gasteiger partial charge in [-0.25, -0.2) is 4.39 Å². The van der Waals surface area contributed by atoms with Gasteiger partial charge < -0.3 is 5.73 Å². The van der Waals surface area contributed by atoms with Gasteiger partial charge in [0, 0.05) is 18.4 Å². The first kappa shape index (κ1) is 12.5. The maximum Gasteiger partial charge on any atom is 0.145 e. The zero-order chi connectivity index (χ0) is 12.4. The van der Waals surface area contributed by atoms with Gasteiger partial charge in [0.2, 0.25) is 0 Å². The van der Waals surface area contributed by atoms with Crippen molar-refractivity contribution in [3.8, 4) is 0 Å². The van der Waals surface area contributed by atoms with Gasteiger partial charge >= 0.3 is 0 Å². The van der Waals surface area contributed by atoms with Crippen LogP contribution in [0.1, 0.15) is 24.8 Å². The number of carbonyl (C=O) groups excluding carboxylic acids is 1. The minimum absolute atomic E-state index is 0.0108. The second-order valence-corrected chi connectivity index (χ2v) is 5.03. The summed E-state index contributed by atoms with van der Waals surface area (Å²) in [6.07, 6.45) is 2.54. The van der Waals surface area contributed by atoms with E-state index in [0.29, 0.717) is 5.56 Å². The fraction of sp³-hybridized carbons (Fsp3) is 0.462. The zero-order valence-electron chi connectivity index (χ0n) is 9.46. The Labute approximate surface area is 105 Å². The molecule has 0 heterocycles. The monoisotopic (exact) mass is 255 g/mol. The number of nitrogens with two attached hydrogens (primary N) is 1. The summed E-state index contributed by atoms with van der Waals surface area (Å²) >= 11 is 5.67. The first-order valence-electron chi connectivity index (χ1n) is 5.79. The molecule has 2 rings (SSSR count). The molecule has 17 heavy (non-hydrogen) atoms. The molecule has 0 aromatic heterocycles. The summed E-state index contributed by atoms with van der Waals surface area (Å²) < 4.78 is 13.6. The van der Waals surface area contributed by atoms with Crippen LogP contribution in [0.3, 0.4) is 0 Å². The van der Waals surface area contributed by atoms with Gasteiger partial charge in [-0.3, -0.25) is 4.79 Å². The minimum Gasteiger partial charge on any atom is -0.328 e. The predicted molar refractivity (Wildman–Crippen MR) is 65.4 cm³/mol. The van der Waals surface area contributed by atoms with Crippen molar-refractivity contribution < 1.29 is 9.18 Å². The molecule has 1 aliphatic rings. The van der Waals surface area contributed by atoms with Crippen LogP contribution >= 0.6 is 11.6 Å². The van der Waals surface area contributed by atoms with Crippen LogP contribution in [-0.2, 0) is 11.2 Å². The molecule has 1 aromatic carbocycles. The number of ketones is 1. The van der Waals surface area contributed by atoms with E-state index in [1.54, 1.807) is 12.1 Å². The van der Waals surface area contributed by atoms with Crippen molar-refractivity contribution in [2.24, 2.45) is 11.7 Å². The average Bonchev–Trinajstić information content (AvgIpc) is 2.72. The van der Waals surface area contributed by atoms with Crippen molar-refractivity contribution >= 4 is 17.4 Å². The lowest BCUT2D eigenvalue weighted by Gasteiger charge is -2.09. The van der Waals surface area contributed by atoms with Crippen LogP contribution in [0.15, 0.2) is 18.2 Å². The predicted octanol–water partition coefficient (Wildman–Crippen LogP) is 2.72. The fourth-order valence-electron chi connectivity index (χ4n) is 2.33. The molecule has 0 aliphatic heterocycles. The van der Waals surface area contributed by atoms with E-state index in [4.69, 9.17) is 17.3 Å². The van der Waals surface area contributed by atoms with Crippen molar-refractivity contribution in [3.63, 3.8) is 0 Å². The SMILES string of the molecule is NC1CCC(C(=O)Cc2cccc(Cl)c2F)C1.